The number of amides is 1. The lowest BCUT2D eigenvalue weighted by Gasteiger charge is -2.35. The molecule has 1 aliphatic rings. The number of H-pyrrole nitrogens is 1. The van der Waals surface area contributed by atoms with Crippen molar-refractivity contribution in [3.8, 4) is 5.75 Å². The van der Waals surface area contributed by atoms with Crippen molar-refractivity contribution in [2.24, 2.45) is 0 Å². The highest BCUT2D eigenvalue weighted by Crippen LogP contribution is 2.41. The Bertz CT molecular complexity index is 1130. The summed E-state index contributed by atoms with van der Waals surface area (Å²) in [5, 5.41) is 3.53. The lowest BCUT2D eigenvalue weighted by Crippen LogP contribution is -2.32. The Balaban J connectivity index is 1.36. The van der Waals surface area contributed by atoms with Crippen LogP contribution < -0.4 is 10.1 Å². The Morgan fingerprint density at radius 1 is 1.12 bits per heavy atom. The number of anilines is 1. The van der Waals surface area contributed by atoms with Crippen molar-refractivity contribution in [2.75, 3.05) is 5.32 Å². The summed E-state index contributed by atoms with van der Waals surface area (Å²) in [7, 11) is 0. The third-order valence-corrected chi connectivity index (χ3v) is 5.66. The highest BCUT2D eigenvalue weighted by atomic mass is 19.4. The first-order valence-electron chi connectivity index (χ1n) is 10.3. The molecule has 2 aromatic carbocycles. The van der Waals surface area contributed by atoms with Crippen molar-refractivity contribution in [1.29, 1.82) is 0 Å². The number of aromatic amines is 1. The van der Waals surface area contributed by atoms with Crippen LogP contribution in [0.4, 0.5) is 23.2 Å². The minimum atomic E-state index is -4.33. The molecule has 32 heavy (non-hydrogen) atoms. The first kappa shape index (κ1) is 21.9. The largest absolute Gasteiger partial charge is 0.490 e. The summed E-state index contributed by atoms with van der Waals surface area (Å²) in [6, 6.07) is 10.8. The van der Waals surface area contributed by atoms with Crippen molar-refractivity contribution in [3.05, 3.63) is 72.2 Å². The van der Waals surface area contributed by atoms with Gasteiger partial charge in [0.2, 0.25) is 5.91 Å². The SMILES string of the molecule is C=C(F)CCC(=O)Nc1c[nH]c2ccc(O[C@H]3C[C@@H](c4ccc(C(F)(F)F)cc4)C3)cc12. The van der Waals surface area contributed by atoms with Crippen LogP contribution in [0.3, 0.4) is 0 Å². The molecule has 1 fully saturated rings. The van der Waals surface area contributed by atoms with E-state index in [1.54, 1.807) is 6.20 Å². The number of alkyl halides is 3. The van der Waals surface area contributed by atoms with Crippen molar-refractivity contribution < 1.29 is 27.1 Å². The number of fused-ring (bicyclic) bond motifs is 1. The van der Waals surface area contributed by atoms with E-state index in [4.69, 9.17) is 4.74 Å². The smallest absolute Gasteiger partial charge is 0.416 e. The Hall–Kier alpha value is -3.29. The van der Waals surface area contributed by atoms with Crippen molar-refractivity contribution in [1.82, 2.24) is 4.98 Å². The Morgan fingerprint density at radius 2 is 1.84 bits per heavy atom. The highest BCUT2D eigenvalue weighted by molar-refractivity contribution is 6.02. The van der Waals surface area contributed by atoms with E-state index in [1.165, 1.54) is 12.1 Å². The standard InChI is InChI=1S/C24H22F4N2O2/c1-14(25)2-9-23(31)30-22-13-29-21-8-7-18(12-20(21)22)32-19-10-16(11-19)15-3-5-17(6-4-15)24(26,27)28/h3-8,12-13,16,19,29H,1-2,9-11H2,(H,30,31)/t16-,19+. The van der Waals surface area contributed by atoms with E-state index in [2.05, 4.69) is 16.9 Å². The van der Waals surface area contributed by atoms with E-state index in [0.29, 0.717) is 24.3 Å². The Morgan fingerprint density at radius 3 is 2.50 bits per heavy atom. The van der Waals surface area contributed by atoms with Crippen LogP contribution in [0.5, 0.6) is 5.75 Å². The van der Waals surface area contributed by atoms with Gasteiger partial charge in [0.05, 0.1) is 23.2 Å². The molecule has 2 N–H and O–H groups in total. The summed E-state index contributed by atoms with van der Waals surface area (Å²) >= 11 is 0. The Kier molecular flexibility index (Phi) is 5.95. The summed E-state index contributed by atoms with van der Waals surface area (Å²) in [5.41, 5.74) is 1.63. The van der Waals surface area contributed by atoms with Crippen molar-refractivity contribution in [3.63, 3.8) is 0 Å². The van der Waals surface area contributed by atoms with Gasteiger partial charge in [-0.05, 0) is 54.7 Å². The average molecular weight is 446 g/mol. The molecular formula is C24H22F4N2O2. The molecule has 0 saturated heterocycles. The summed E-state index contributed by atoms with van der Waals surface area (Å²) in [5.74, 6) is -0.0433. The minimum Gasteiger partial charge on any atom is -0.490 e. The molecule has 0 unspecified atom stereocenters. The van der Waals surface area contributed by atoms with E-state index in [-0.39, 0.29) is 30.8 Å². The van der Waals surface area contributed by atoms with E-state index in [1.807, 2.05) is 18.2 Å². The molecule has 0 aliphatic heterocycles. The number of carbonyl (C=O) groups excluding carboxylic acids is 1. The van der Waals surface area contributed by atoms with Gasteiger partial charge in [0.25, 0.3) is 0 Å². The van der Waals surface area contributed by atoms with Gasteiger partial charge in [-0.1, -0.05) is 18.7 Å². The number of carbonyl (C=O) groups is 1. The number of hydrogen-bond acceptors (Lipinski definition) is 2. The van der Waals surface area contributed by atoms with Crippen LogP contribution in [0.2, 0.25) is 0 Å². The zero-order valence-electron chi connectivity index (χ0n) is 17.1. The van der Waals surface area contributed by atoms with Crippen LogP contribution in [-0.4, -0.2) is 17.0 Å². The van der Waals surface area contributed by atoms with Crippen LogP contribution in [0.15, 0.2) is 61.1 Å². The summed E-state index contributed by atoms with van der Waals surface area (Å²) in [6.45, 7) is 3.15. The monoisotopic (exact) mass is 446 g/mol. The third kappa shape index (κ3) is 4.95. The molecule has 3 aromatic rings. The normalized spacial score (nSPS) is 18.2. The molecule has 0 spiro atoms. The lowest BCUT2D eigenvalue weighted by atomic mass is 9.77. The molecule has 0 bridgehead atoms. The molecule has 8 heteroatoms. The van der Waals surface area contributed by atoms with Crippen LogP contribution >= 0.6 is 0 Å². The van der Waals surface area contributed by atoms with Gasteiger partial charge in [-0.2, -0.15) is 13.2 Å². The summed E-state index contributed by atoms with van der Waals surface area (Å²) in [4.78, 5) is 15.1. The zero-order valence-corrected chi connectivity index (χ0v) is 17.1. The first-order chi connectivity index (χ1) is 15.2. The maximum Gasteiger partial charge on any atom is 0.416 e. The van der Waals surface area contributed by atoms with Gasteiger partial charge in [0, 0.05) is 29.9 Å². The molecule has 0 atom stereocenters. The highest BCUT2D eigenvalue weighted by Gasteiger charge is 2.34. The number of allylic oxidation sites excluding steroid dienone is 1. The number of aromatic nitrogens is 1. The van der Waals surface area contributed by atoms with Gasteiger partial charge in [-0.25, -0.2) is 4.39 Å². The second-order valence-electron chi connectivity index (χ2n) is 8.00. The zero-order chi connectivity index (χ0) is 22.9. The fraction of sp³-hybridized carbons (Fsp3) is 0.292. The van der Waals surface area contributed by atoms with Gasteiger partial charge in [0.1, 0.15) is 5.75 Å². The molecule has 4 rings (SSSR count). The Labute approximate surface area is 182 Å². The number of benzene rings is 2. The van der Waals surface area contributed by atoms with Gasteiger partial charge in [-0.15, -0.1) is 0 Å². The van der Waals surface area contributed by atoms with Crippen LogP contribution in [-0.2, 0) is 11.0 Å². The van der Waals surface area contributed by atoms with E-state index >= 15 is 0 Å². The predicted molar refractivity (Wildman–Crippen MR) is 114 cm³/mol. The van der Waals surface area contributed by atoms with Gasteiger partial charge in [0.15, 0.2) is 0 Å². The van der Waals surface area contributed by atoms with E-state index in [9.17, 15) is 22.4 Å². The second kappa shape index (κ2) is 8.68. The first-order valence-corrected chi connectivity index (χ1v) is 10.3. The van der Waals surface area contributed by atoms with Crippen LogP contribution in [0.25, 0.3) is 10.9 Å². The maximum atomic E-state index is 12.8. The van der Waals surface area contributed by atoms with E-state index < -0.39 is 17.6 Å². The van der Waals surface area contributed by atoms with Crippen LogP contribution in [0, 0.1) is 0 Å². The molecule has 1 heterocycles. The number of hydrogen-bond donors (Lipinski definition) is 2. The fourth-order valence-corrected chi connectivity index (χ4v) is 3.81. The second-order valence-corrected chi connectivity index (χ2v) is 8.00. The number of halogens is 4. The lowest BCUT2D eigenvalue weighted by molar-refractivity contribution is -0.137. The molecule has 1 saturated carbocycles. The third-order valence-electron chi connectivity index (χ3n) is 5.66. The minimum absolute atomic E-state index is 0.00557. The van der Waals surface area contributed by atoms with Crippen LogP contribution in [0.1, 0.15) is 42.7 Å². The number of nitrogens with one attached hydrogen (secondary N) is 2. The topological polar surface area (TPSA) is 54.1 Å². The molecule has 4 nitrogen and oxygen atoms in total. The fourth-order valence-electron chi connectivity index (χ4n) is 3.81. The van der Waals surface area contributed by atoms with Gasteiger partial charge in [-0.3, -0.25) is 4.79 Å². The summed E-state index contributed by atoms with van der Waals surface area (Å²) < 4.78 is 56.9. The molecule has 168 valence electrons. The number of rotatable bonds is 7. The van der Waals surface area contributed by atoms with Gasteiger partial charge >= 0.3 is 6.18 Å². The summed E-state index contributed by atoms with van der Waals surface area (Å²) in [6.07, 6.45) is -1.29. The molecule has 1 amide bonds. The quantitative estimate of drug-likeness (QED) is 0.396. The van der Waals surface area contributed by atoms with E-state index in [0.717, 1.165) is 28.6 Å². The molecular weight excluding hydrogens is 424 g/mol. The molecule has 0 radical (unpaired) electrons. The van der Waals surface area contributed by atoms with Crippen molar-refractivity contribution in [2.45, 2.75) is 43.9 Å². The number of ether oxygens (including phenoxy) is 1. The molecule has 1 aromatic heterocycles. The van der Waals surface area contributed by atoms with Gasteiger partial charge < -0.3 is 15.0 Å². The predicted octanol–water partition coefficient (Wildman–Crippen LogP) is 6.71. The maximum absolute atomic E-state index is 12.8. The van der Waals surface area contributed by atoms with Crippen molar-refractivity contribution >= 4 is 22.5 Å². The average Bonchev–Trinajstić information content (AvgIpc) is 3.10. The molecule has 1 aliphatic carbocycles.